The van der Waals surface area contributed by atoms with Gasteiger partial charge in [-0.2, -0.15) is 0 Å². The number of nitro benzene ring substituents is 1. The van der Waals surface area contributed by atoms with Crippen molar-refractivity contribution in [3.8, 4) is 5.75 Å². The summed E-state index contributed by atoms with van der Waals surface area (Å²) in [4.78, 5) is 24.3. The lowest BCUT2D eigenvalue weighted by Crippen LogP contribution is -2.31. The molecule has 0 saturated carbocycles. The predicted molar refractivity (Wildman–Crippen MR) is 105 cm³/mol. The molecule has 0 spiro atoms. The molecular formula is C20H25N3O4. The lowest BCUT2D eigenvalue weighted by molar-refractivity contribution is -0.384. The number of hydrogen-bond acceptors (Lipinski definition) is 5. The largest absolute Gasteiger partial charge is 0.494 e. The number of para-hydroxylation sites is 1. The summed E-state index contributed by atoms with van der Waals surface area (Å²) in [6.07, 6.45) is 1.61. The Morgan fingerprint density at radius 2 is 1.89 bits per heavy atom. The summed E-state index contributed by atoms with van der Waals surface area (Å²) in [5.41, 5.74) is 2.02. The standard InChI is InChI=1S/C20H25N3O4/c1-3-16-7-4-5-8-19(16)21-20(24)15-22(2)13-6-14-27-18-11-9-17(10-12-18)23(25)26/h4-5,7-12H,3,6,13-15H2,1-2H3,(H,21,24). The van der Waals surface area contributed by atoms with Crippen LogP contribution in [0.2, 0.25) is 0 Å². The van der Waals surface area contributed by atoms with Gasteiger partial charge in [0.1, 0.15) is 5.75 Å². The summed E-state index contributed by atoms with van der Waals surface area (Å²) >= 11 is 0. The molecule has 1 N–H and O–H groups in total. The minimum atomic E-state index is -0.442. The topological polar surface area (TPSA) is 84.7 Å². The molecule has 0 unspecified atom stereocenters. The van der Waals surface area contributed by atoms with Gasteiger partial charge in [0.2, 0.25) is 5.91 Å². The van der Waals surface area contributed by atoms with Gasteiger partial charge in [-0.1, -0.05) is 25.1 Å². The number of likely N-dealkylation sites (N-methyl/N-ethyl adjacent to an activating group) is 1. The number of amides is 1. The van der Waals surface area contributed by atoms with Crippen LogP contribution < -0.4 is 10.1 Å². The number of ether oxygens (including phenoxy) is 1. The van der Waals surface area contributed by atoms with Crippen LogP contribution >= 0.6 is 0 Å². The minimum Gasteiger partial charge on any atom is -0.494 e. The van der Waals surface area contributed by atoms with Crippen molar-refractivity contribution in [2.24, 2.45) is 0 Å². The van der Waals surface area contributed by atoms with Crippen LogP contribution in [0.5, 0.6) is 5.75 Å². The molecule has 0 atom stereocenters. The van der Waals surface area contributed by atoms with Gasteiger partial charge in [-0.3, -0.25) is 19.8 Å². The fourth-order valence-corrected chi connectivity index (χ4v) is 2.65. The Hall–Kier alpha value is -2.93. The number of carbonyl (C=O) groups excluding carboxylic acids is 1. The van der Waals surface area contributed by atoms with Crippen molar-refractivity contribution < 1.29 is 14.5 Å². The van der Waals surface area contributed by atoms with E-state index in [-0.39, 0.29) is 11.6 Å². The van der Waals surface area contributed by atoms with Crippen molar-refractivity contribution in [3.63, 3.8) is 0 Å². The maximum atomic E-state index is 12.2. The first-order chi connectivity index (χ1) is 13.0. The fourth-order valence-electron chi connectivity index (χ4n) is 2.65. The van der Waals surface area contributed by atoms with Crippen LogP contribution in [0.25, 0.3) is 0 Å². The van der Waals surface area contributed by atoms with E-state index in [1.165, 1.54) is 12.1 Å². The van der Waals surface area contributed by atoms with Crippen LogP contribution in [0, 0.1) is 10.1 Å². The Labute approximate surface area is 159 Å². The first kappa shape index (κ1) is 20.4. The van der Waals surface area contributed by atoms with E-state index in [4.69, 9.17) is 4.74 Å². The van der Waals surface area contributed by atoms with Gasteiger partial charge in [-0.15, -0.1) is 0 Å². The second-order valence-electron chi connectivity index (χ2n) is 6.25. The molecule has 1 amide bonds. The first-order valence-corrected chi connectivity index (χ1v) is 8.93. The quantitative estimate of drug-likeness (QED) is 0.392. The molecule has 2 aromatic carbocycles. The van der Waals surface area contributed by atoms with Gasteiger partial charge in [0.15, 0.2) is 0 Å². The van der Waals surface area contributed by atoms with E-state index in [1.807, 2.05) is 36.2 Å². The van der Waals surface area contributed by atoms with E-state index in [0.717, 1.165) is 24.1 Å². The maximum Gasteiger partial charge on any atom is 0.269 e. The number of anilines is 1. The second kappa shape index (κ2) is 10.3. The Balaban J connectivity index is 1.68. The van der Waals surface area contributed by atoms with Crippen molar-refractivity contribution in [1.82, 2.24) is 4.90 Å². The molecular weight excluding hydrogens is 346 g/mol. The molecule has 144 valence electrons. The van der Waals surface area contributed by atoms with Gasteiger partial charge in [-0.25, -0.2) is 0 Å². The molecule has 0 aliphatic rings. The highest BCUT2D eigenvalue weighted by Gasteiger charge is 2.09. The van der Waals surface area contributed by atoms with Crippen molar-refractivity contribution in [2.75, 3.05) is 32.1 Å². The summed E-state index contributed by atoms with van der Waals surface area (Å²) in [6, 6.07) is 13.8. The molecule has 7 nitrogen and oxygen atoms in total. The van der Waals surface area contributed by atoms with Crippen molar-refractivity contribution in [1.29, 1.82) is 0 Å². The minimum absolute atomic E-state index is 0.0396. The zero-order chi connectivity index (χ0) is 19.6. The molecule has 2 aromatic rings. The normalized spacial score (nSPS) is 10.6. The Kier molecular flexibility index (Phi) is 7.76. The van der Waals surface area contributed by atoms with Gasteiger partial charge in [0.05, 0.1) is 18.1 Å². The molecule has 27 heavy (non-hydrogen) atoms. The molecule has 0 aromatic heterocycles. The molecule has 0 heterocycles. The number of hydrogen-bond donors (Lipinski definition) is 1. The third kappa shape index (κ3) is 6.71. The molecule has 2 rings (SSSR count). The van der Waals surface area contributed by atoms with Crippen molar-refractivity contribution >= 4 is 17.3 Å². The fraction of sp³-hybridized carbons (Fsp3) is 0.350. The second-order valence-corrected chi connectivity index (χ2v) is 6.25. The number of carbonyl (C=O) groups is 1. The highest BCUT2D eigenvalue weighted by molar-refractivity contribution is 5.92. The van der Waals surface area contributed by atoms with Crippen LogP contribution in [-0.4, -0.2) is 42.5 Å². The van der Waals surface area contributed by atoms with E-state index in [0.29, 0.717) is 25.4 Å². The number of aryl methyl sites for hydroxylation is 1. The SMILES string of the molecule is CCc1ccccc1NC(=O)CN(C)CCCOc1ccc([N+](=O)[O-])cc1. The zero-order valence-electron chi connectivity index (χ0n) is 15.7. The molecule has 0 aliphatic carbocycles. The monoisotopic (exact) mass is 371 g/mol. The smallest absolute Gasteiger partial charge is 0.269 e. The van der Waals surface area contributed by atoms with Crippen LogP contribution in [0.1, 0.15) is 18.9 Å². The molecule has 0 bridgehead atoms. The van der Waals surface area contributed by atoms with Crippen molar-refractivity contribution in [2.45, 2.75) is 19.8 Å². The lowest BCUT2D eigenvalue weighted by Gasteiger charge is -2.17. The van der Waals surface area contributed by atoms with Crippen LogP contribution in [0.4, 0.5) is 11.4 Å². The summed E-state index contributed by atoms with van der Waals surface area (Å²) in [5, 5.41) is 13.6. The van der Waals surface area contributed by atoms with E-state index >= 15 is 0 Å². The Morgan fingerprint density at radius 1 is 1.19 bits per heavy atom. The van der Waals surface area contributed by atoms with Gasteiger partial charge in [-0.05, 0) is 43.7 Å². The summed E-state index contributed by atoms with van der Waals surface area (Å²) in [5.74, 6) is 0.548. The van der Waals surface area contributed by atoms with Crippen LogP contribution in [-0.2, 0) is 11.2 Å². The number of nitrogens with one attached hydrogen (secondary N) is 1. The highest BCUT2D eigenvalue weighted by Crippen LogP contribution is 2.17. The molecule has 0 fully saturated rings. The van der Waals surface area contributed by atoms with Crippen LogP contribution in [0.3, 0.4) is 0 Å². The third-order valence-electron chi connectivity index (χ3n) is 4.09. The number of nitrogens with zero attached hydrogens (tertiary/aromatic N) is 2. The number of non-ortho nitro benzene ring substituents is 1. The van der Waals surface area contributed by atoms with E-state index < -0.39 is 4.92 Å². The average Bonchev–Trinajstić information content (AvgIpc) is 2.66. The zero-order valence-corrected chi connectivity index (χ0v) is 15.7. The third-order valence-corrected chi connectivity index (χ3v) is 4.09. The Morgan fingerprint density at radius 3 is 2.56 bits per heavy atom. The van der Waals surface area contributed by atoms with Gasteiger partial charge < -0.3 is 10.1 Å². The molecule has 7 heteroatoms. The summed E-state index contributed by atoms with van der Waals surface area (Å²) < 4.78 is 5.57. The highest BCUT2D eigenvalue weighted by atomic mass is 16.6. The van der Waals surface area contributed by atoms with Gasteiger partial charge in [0.25, 0.3) is 5.69 Å². The van der Waals surface area contributed by atoms with E-state index in [1.54, 1.807) is 12.1 Å². The molecule has 0 saturated heterocycles. The number of benzene rings is 2. The first-order valence-electron chi connectivity index (χ1n) is 8.93. The molecule has 0 aliphatic heterocycles. The summed E-state index contributed by atoms with van der Waals surface area (Å²) in [6.45, 7) is 3.54. The van der Waals surface area contributed by atoms with Crippen LogP contribution in [0.15, 0.2) is 48.5 Å². The maximum absolute atomic E-state index is 12.2. The lowest BCUT2D eigenvalue weighted by atomic mass is 10.1. The van der Waals surface area contributed by atoms with Crippen molar-refractivity contribution in [3.05, 3.63) is 64.2 Å². The Bertz CT molecular complexity index is 762. The number of rotatable bonds is 10. The van der Waals surface area contributed by atoms with E-state index in [2.05, 4.69) is 12.2 Å². The average molecular weight is 371 g/mol. The molecule has 0 radical (unpaired) electrons. The summed E-state index contributed by atoms with van der Waals surface area (Å²) in [7, 11) is 1.89. The van der Waals surface area contributed by atoms with Gasteiger partial charge >= 0.3 is 0 Å². The predicted octanol–water partition coefficient (Wildman–Crippen LogP) is 3.50. The van der Waals surface area contributed by atoms with Gasteiger partial charge in [0, 0.05) is 24.4 Å². The van der Waals surface area contributed by atoms with E-state index in [9.17, 15) is 14.9 Å². The number of nitro groups is 1.